The van der Waals surface area contributed by atoms with Crippen LogP contribution in [0, 0.1) is 23.5 Å². The molecular weight excluding hydrogens is 346 g/mol. The number of benzene rings is 1. The number of rotatable bonds is 4. The molecule has 4 rings (SSSR count). The van der Waals surface area contributed by atoms with E-state index in [1.807, 2.05) is 0 Å². The van der Waals surface area contributed by atoms with E-state index in [9.17, 15) is 13.6 Å². The Bertz CT molecular complexity index is 674. The number of nitrogens with zero attached hydrogens (tertiary/aromatic N) is 2. The van der Waals surface area contributed by atoms with Crippen LogP contribution in [0.3, 0.4) is 0 Å². The van der Waals surface area contributed by atoms with Crippen molar-refractivity contribution in [3.63, 3.8) is 0 Å². The molecule has 0 bridgehead atoms. The number of carbonyl (C=O) groups excluding carboxylic acids is 1. The van der Waals surface area contributed by atoms with Crippen LogP contribution in [0.25, 0.3) is 0 Å². The Kier molecular flexibility index (Phi) is 5.76. The maximum absolute atomic E-state index is 13.5. The second-order valence-electron chi connectivity index (χ2n) is 8.69. The van der Waals surface area contributed by atoms with Gasteiger partial charge in [0, 0.05) is 38.6 Å². The molecule has 1 aromatic carbocycles. The summed E-state index contributed by atoms with van der Waals surface area (Å²) in [6, 6.07) is 4.56. The van der Waals surface area contributed by atoms with Gasteiger partial charge in [0.2, 0.25) is 5.91 Å². The van der Waals surface area contributed by atoms with Gasteiger partial charge in [-0.2, -0.15) is 0 Å². The first-order chi connectivity index (χ1) is 13.1. The van der Waals surface area contributed by atoms with Crippen LogP contribution >= 0.6 is 0 Å². The highest BCUT2D eigenvalue weighted by Gasteiger charge is 2.39. The number of hydrogen-bond acceptors (Lipinski definition) is 2. The predicted molar refractivity (Wildman–Crippen MR) is 101 cm³/mol. The maximum Gasteiger partial charge on any atom is 0.222 e. The second kappa shape index (κ2) is 8.26. The molecule has 27 heavy (non-hydrogen) atoms. The Labute approximate surface area is 160 Å². The van der Waals surface area contributed by atoms with E-state index in [-0.39, 0.29) is 0 Å². The van der Waals surface area contributed by atoms with Gasteiger partial charge in [0.05, 0.1) is 0 Å². The van der Waals surface area contributed by atoms with E-state index in [4.69, 9.17) is 0 Å². The van der Waals surface area contributed by atoms with Crippen LogP contribution in [-0.2, 0) is 11.3 Å². The zero-order valence-electron chi connectivity index (χ0n) is 16.0. The average molecular weight is 376 g/mol. The Morgan fingerprint density at radius 1 is 1.00 bits per heavy atom. The summed E-state index contributed by atoms with van der Waals surface area (Å²) in [5, 5.41) is 0. The average Bonchev–Trinajstić information content (AvgIpc) is 2.68. The molecule has 2 heterocycles. The number of piperidine rings is 2. The molecule has 0 N–H and O–H groups in total. The van der Waals surface area contributed by atoms with E-state index in [0.717, 1.165) is 38.0 Å². The highest BCUT2D eigenvalue weighted by molar-refractivity contribution is 5.77. The fraction of sp³-hybridized carbons (Fsp3) is 0.682. The molecule has 3 aliphatic rings. The summed E-state index contributed by atoms with van der Waals surface area (Å²) >= 11 is 0. The summed E-state index contributed by atoms with van der Waals surface area (Å²) in [4.78, 5) is 17.1. The number of fused-ring (bicyclic) bond motifs is 1. The van der Waals surface area contributed by atoms with E-state index >= 15 is 0 Å². The lowest BCUT2D eigenvalue weighted by molar-refractivity contribution is -0.142. The summed E-state index contributed by atoms with van der Waals surface area (Å²) in [7, 11) is 0. The normalized spacial score (nSPS) is 27.6. The summed E-state index contributed by atoms with van der Waals surface area (Å²) < 4.78 is 26.6. The van der Waals surface area contributed by atoms with Gasteiger partial charge in [0.15, 0.2) is 11.6 Å². The highest BCUT2D eigenvalue weighted by Crippen LogP contribution is 2.34. The highest BCUT2D eigenvalue weighted by atomic mass is 19.2. The van der Waals surface area contributed by atoms with Crippen molar-refractivity contribution < 1.29 is 13.6 Å². The number of amides is 1. The first kappa shape index (κ1) is 18.9. The fourth-order valence-corrected chi connectivity index (χ4v) is 5.35. The van der Waals surface area contributed by atoms with Crippen LogP contribution in [0.15, 0.2) is 18.2 Å². The van der Waals surface area contributed by atoms with Gasteiger partial charge in [-0.15, -0.1) is 0 Å². The van der Waals surface area contributed by atoms with Gasteiger partial charge in [-0.25, -0.2) is 8.78 Å². The molecule has 2 aliphatic heterocycles. The SMILES string of the molecule is O=C1CC[C@@H]2CN(Cc3ccc(F)c(F)c3)CC[C@@H]2N1CC1CCCCC1. The Morgan fingerprint density at radius 3 is 2.59 bits per heavy atom. The Morgan fingerprint density at radius 2 is 1.81 bits per heavy atom. The smallest absolute Gasteiger partial charge is 0.222 e. The molecule has 1 aromatic rings. The number of carbonyl (C=O) groups is 1. The van der Waals surface area contributed by atoms with Crippen molar-refractivity contribution in [1.29, 1.82) is 0 Å². The molecule has 5 heteroatoms. The lowest BCUT2D eigenvalue weighted by atomic mass is 9.81. The van der Waals surface area contributed by atoms with Gasteiger partial charge in [0.25, 0.3) is 0 Å². The summed E-state index contributed by atoms with van der Waals surface area (Å²) in [6.45, 7) is 3.45. The summed E-state index contributed by atoms with van der Waals surface area (Å²) in [6.07, 6.45) is 9.10. The molecule has 0 aromatic heterocycles. The minimum atomic E-state index is -0.790. The van der Waals surface area contributed by atoms with Gasteiger partial charge >= 0.3 is 0 Å². The predicted octanol–water partition coefficient (Wildman–Crippen LogP) is 4.36. The second-order valence-corrected chi connectivity index (χ2v) is 8.69. The molecule has 3 fully saturated rings. The first-order valence-corrected chi connectivity index (χ1v) is 10.6. The van der Waals surface area contributed by atoms with Crippen LogP contribution in [0.5, 0.6) is 0 Å². The molecule has 1 saturated carbocycles. The largest absolute Gasteiger partial charge is 0.339 e. The van der Waals surface area contributed by atoms with E-state index in [1.54, 1.807) is 6.07 Å². The lowest BCUT2D eigenvalue weighted by Gasteiger charge is -2.48. The minimum absolute atomic E-state index is 0.343. The van der Waals surface area contributed by atoms with Gasteiger partial charge in [-0.05, 0) is 55.2 Å². The maximum atomic E-state index is 13.5. The molecule has 148 valence electrons. The van der Waals surface area contributed by atoms with Gasteiger partial charge in [-0.1, -0.05) is 25.3 Å². The van der Waals surface area contributed by atoms with Gasteiger partial charge in [0.1, 0.15) is 0 Å². The number of likely N-dealkylation sites (tertiary alicyclic amines) is 2. The van der Waals surface area contributed by atoms with Crippen molar-refractivity contribution in [2.45, 2.75) is 64.0 Å². The Hall–Kier alpha value is -1.49. The quantitative estimate of drug-likeness (QED) is 0.780. The van der Waals surface area contributed by atoms with Crippen LogP contribution in [-0.4, -0.2) is 41.4 Å². The zero-order chi connectivity index (χ0) is 18.8. The molecular formula is C22H30F2N2O. The van der Waals surface area contributed by atoms with Crippen LogP contribution in [0.1, 0.15) is 56.9 Å². The first-order valence-electron chi connectivity index (χ1n) is 10.6. The summed E-state index contributed by atoms with van der Waals surface area (Å²) in [5.41, 5.74) is 0.818. The zero-order valence-corrected chi connectivity index (χ0v) is 16.0. The lowest BCUT2D eigenvalue weighted by Crippen LogP contribution is -2.56. The van der Waals surface area contributed by atoms with E-state index in [1.165, 1.54) is 44.2 Å². The molecule has 0 radical (unpaired) electrons. The van der Waals surface area contributed by atoms with Crippen molar-refractivity contribution in [1.82, 2.24) is 9.80 Å². The van der Waals surface area contributed by atoms with Crippen molar-refractivity contribution >= 4 is 5.91 Å². The molecule has 1 amide bonds. The number of halogens is 2. The van der Waals surface area contributed by atoms with Crippen LogP contribution < -0.4 is 0 Å². The molecule has 0 spiro atoms. The van der Waals surface area contributed by atoms with E-state index in [2.05, 4.69) is 9.80 Å². The van der Waals surface area contributed by atoms with Gasteiger partial charge < -0.3 is 4.90 Å². The minimum Gasteiger partial charge on any atom is -0.339 e. The van der Waals surface area contributed by atoms with E-state index in [0.29, 0.717) is 36.8 Å². The molecule has 2 atom stereocenters. The third-order valence-corrected chi connectivity index (χ3v) is 6.80. The van der Waals surface area contributed by atoms with Crippen molar-refractivity contribution in [3.05, 3.63) is 35.4 Å². The van der Waals surface area contributed by atoms with Crippen LogP contribution in [0.4, 0.5) is 8.78 Å². The third kappa shape index (κ3) is 4.34. The van der Waals surface area contributed by atoms with Crippen molar-refractivity contribution in [2.75, 3.05) is 19.6 Å². The van der Waals surface area contributed by atoms with Gasteiger partial charge in [-0.3, -0.25) is 9.69 Å². The standard InChI is InChI=1S/C22H30F2N2O/c23-19-8-6-17(12-20(19)24)13-25-11-10-21-18(15-25)7-9-22(27)26(21)14-16-4-2-1-3-5-16/h6,8,12,16,18,21H,1-5,7,9-11,13-15H2/t18-,21+/m1/s1. The molecule has 2 saturated heterocycles. The third-order valence-electron chi connectivity index (χ3n) is 6.80. The number of hydrogen-bond donors (Lipinski definition) is 0. The Balaban J connectivity index is 1.37. The molecule has 3 nitrogen and oxygen atoms in total. The molecule has 0 unspecified atom stereocenters. The fourth-order valence-electron chi connectivity index (χ4n) is 5.35. The van der Waals surface area contributed by atoms with Crippen molar-refractivity contribution in [3.8, 4) is 0 Å². The summed E-state index contributed by atoms with van der Waals surface area (Å²) in [5.74, 6) is -0.0335. The monoisotopic (exact) mass is 376 g/mol. The molecule has 1 aliphatic carbocycles. The van der Waals surface area contributed by atoms with E-state index < -0.39 is 11.6 Å². The van der Waals surface area contributed by atoms with Crippen molar-refractivity contribution in [2.24, 2.45) is 11.8 Å². The van der Waals surface area contributed by atoms with Crippen LogP contribution in [0.2, 0.25) is 0 Å². The topological polar surface area (TPSA) is 23.6 Å².